The van der Waals surface area contributed by atoms with E-state index in [1.165, 1.54) is 32.4 Å². The van der Waals surface area contributed by atoms with E-state index in [1.54, 1.807) is 21.3 Å². The Hall–Kier alpha value is -1.95. The highest BCUT2D eigenvalue weighted by molar-refractivity contribution is 5.93. The van der Waals surface area contributed by atoms with Gasteiger partial charge in [0.1, 0.15) is 0 Å². The molecule has 1 saturated heterocycles. The van der Waals surface area contributed by atoms with Crippen LogP contribution in [-0.4, -0.2) is 58.8 Å². The minimum Gasteiger partial charge on any atom is -0.493 e. The SMILES string of the molecule is CN=C(NCCC1CCN(C)CC1)Nc1ccc(OC)c(OC)c1. The fourth-order valence-corrected chi connectivity index (χ4v) is 2.98. The molecule has 0 aromatic heterocycles. The number of hydrogen-bond donors (Lipinski definition) is 2. The van der Waals surface area contributed by atoms with Crippen molar-refractivity contribution in [2.45, 2.75) is 19.3 Å². The second kappa shape index (κ2) is 9.37. The average molecular weight is 334 g/mol. The number of nitrogens with one attached hydrogen (secondary N) is 2. The first-order valence-electron chi connectivity index (χ1n) is 8.54. The number of guanidine groups is 1. The molecule has 0 saturated carbocycles. The molecule has 6 nitrogen and oxygen atoms in total. The Bertz CT molecular complexity index is 540. The zero-order chi connectivity index (χ0) is 17.4. The number of likely N-dealkylation sites (tertiary alicyclic amines) is 1. The molecule has 2 N–H and O–H groups in total. The first-order chi connectivity index (χ1) is 11.7. The fraction of sp³-hybridized carbons (Fsp3) is 0.611. The van der Waals surface area contributed by atoms with Crippen molar-refractivity contribution in [3.05, 3.63) is 18.2 Å². The lowest BCUT2D eigenvalue weighted by molar-refractivity contribution is 0.213. The van der Waals surface area contributed by atoms with Gasteiger partial charge < -0.3 is 25.0 Å². The Morgan fingerprint density at radius 2 is 1.92 bits per heavy atom. The van der Waals surface area contributed by atoms with E-state index in [4.69, 9.17) is 9.47 Å². The van der Waals surface area contributed by atoms with E-state index in [1.807, 2.05) is 18.2 Å². The third-order valence-corrected chi connectivity index (χ3v) is 4.55. The molecular weight excluding hydrogens is 304 g/mol. The van der Waals surface area contributed by atoms with E-state index in [9.17, 15) is 0 Å². The Kier molecular flexibility index (Phi) is 7.18. The predicted molar refractivity (Wildman–Crippen MR) is 99.4 cm³/mol. The molecule has 2 rings (SSSR count). The Morgan fingerprint density at radius 1 is 1.21 bits per heavy atom. The highest BCUT2D eigenvalue weighted by Crippen LogP contribution is 2.29. The number of nitrogens with zero attached hydrogens (tertiary/aromatic N) is 2. The van der Waals surface area contributed by atoms with E-state index in [0.29, 0.717) is 11.5 Å². The molecule has 0 spiro atoms. The van der Waals surface area contributed by atoms with Gasteiger partial charge in [-0.15, -0.1) is 0 Å². The van der Waals surface area contributed by atoms with Gasteiger partial charge >= 0.3 is 0 Å². The van der Waals surface area contributed by atoms with Gasteiger partial charge in [-0.25, -0.2) is 0 Å². The molecule has 1 aliphatic heterocycles. The average Bonchev–Trinajstić information content (AvgIpc) is 2.62. The van der Waals surface area contributed by atoms with Crippen molar-refractivity contribution < 1.29 is 9.47 Å². The quantitative estimate of drug-likeness (QED) is 0.618. The van der Waals surface area contributed by atoms with Gasteiger partial charge in [-0.05, 0) is 57.5 Å². The van der Waals surface area contributed by atoms with Crippen molar-refractivity contribution in [1.29, 1.82) is 0 Å². The second-order valence-corrected chi connectivity index (χ2v) is 6.23. The van der Waals surface area contributed by atoms with Crippen LogP contribution in [0.15, 0.2) is 23.2 Å². The Balaban J connectivity index is 1.82. The lowest BCUT2D eigenvalue weighted by atomic mass is 9.94. The summed E-state index contributed by atoms with van der Waals surface area (Å²) < 4.78 is 10.6. The minimum atomic E-state index is 0.698. The number of benzene rings is 1. The van der Waals surface area contributed by atoms with Gasteiger partial charge in [0.15, 0.2) is 17.5 Å². The summed E-state index contributed by atoms with van der Waals surface area (Å²) >= 11 is 0. The van der Waals surface area contributed by atoms with Crippen LogP contribution < -0.4 is 20.1 Å². The van der Waals surface area contributed by atoms with Crippen molar-refractivity contribution in [2.24, 2.45) is 10.9 Å². The molecule has 1 fully saturated rings. The molecule has 0 bridgehead atoms. The summed E-state index contributed by atoms with van der Waals surface area (Å²) in [6.45, 7) is 3.36. The molecule has 1 aromatic carbocycles. The lowest BCUT2D eigenvalue weighted by Gasteiger charge is -2.29. The summed E-state index contributed by atoms with van der Waals surface area (Å²) in [6, 6.07) is 5.74. The largest absolute Gasteiger partial charge is 0.493 e. The van der Waals surface area contributed by atoms with Crippen LogP contribution in [0.1, 0.15) is 19.3 Å². The number of ether oxygens (including phenoxy) is 2. The zero-order valence-electron chi connectivity index (χ0n) is 15.3. The van der Waals surface area contributed by atoms with Crippen LogP contribution in [0.5, 0.6) is 11.5 Å². The summed E-state index contributed by atoms with van der Waals surface area (Å²) in [5, 5.41) is 6.69. The minimum absolute atomic E-state index is 0.698. The van der Waals surface area contributed by atoms with Gasteiger partial charge in [-0.1, -0.05) is 0 Å². The molecule has 24 heavy (non-hydrogen) atoms. The van der Waals surface area contributed by atoms with Gasteiger partial charge in [-0.2, -0.15) is 0 Å². The number of rotatable bonds is 6. The Labute approximate surface area is 145 Å². The van der Waals surface area contributed by atoms with Gasteiger partial charge in [0.2, 0.25) is 0 Å². The van der Waals surface area contributed by atoms with Crippen LogP contribution in [0.25, 0.3) is 0 Å². The lowest BCUT2D eigenvalue weighted by Crippen LogP contribution is -2.35. The molecule has 6 heteroatoms. The Morgan fingerprint density at radius 3 is 2.54 bits per heavy atom. The topological polar surface area (TPSA) is 58.1 Å². The normalized spacial score (nSPS) is 16.8. The third kappa shape index (κ3) is 5.30. The van der Waals surface area contributed by atoms with Crippen LogP contribution >= 0.6 is 0 Å². The molecule has 0 aliphatic carbocycles. The van der Waals surface area contributed by atoms with Gasteiger partial charge in [-0.3, -0.25) is 4.99 Å². The molecule has 0 amide bonds. The number of methoxy groups -OCH3 is 2. The molecule has 1 aromatic rings. The van der Waals surface area contributed by atoms with Gasteiger partial charge in [0.05, 0.1) is 14.2 Å². The molecule has 0 unspecified atom stereocenters. The van der Waals surface area contributed by atoms with Crippen LogP contribution in [0, 0.1) is 5.92 Å². The van der Waals surface area contributed by atoms with Crippen molar-refractivity contribution in [3.8, 4) is 11.5 Å². The molecule has 1 aliphatic rings. The summed E-state index contributed by atoms with van der Waals surface area (Å²) in [5.41, 5.74) is 0.917. The zero-order valence-corrected chi connectivity index (χ0v) is 15.3. The van der Waals surface area contributed by atoms with Crippen molar-refractivity contribution in [1.82, 2.24) is 10.2 Å². The van der Waals surface area contributed by atoms with Crippen molar-refractivity contribution in [3.63, 3.8) is 0 Å². The van der Waals surface area contributed by atoms with Gasteiger partial charge in [0.25, 0.3) is 0 Å². The fourth-order valence-electron chi connectivity index (χ4n) is 2.98. The van der Waals surface area contributed by atoms with Crippen LogP contribution in [-0.2, 0) is 0 Å². The second-order valence-electron chi connectivity index (χ2n) is 6.23. The highest BCUT2D eigenvalue weighted by Gasteiger charge is 2.16. The van der Waals surface area contributed by atoms with Gasteiger partial charge in [0, 0.05) is 25.3 Å². The summed E-state index contributed by atoms with van der Waals surface area (Å²) in [5.74, 6) is 3.00. The number of aliphatic imine (C=N–C) groups is 1. The summed E-state index contributed by atoms with van der Waals surface area (Å²) in [7, 11) is 7.25. The standard InChI is InChI=1S/C18H30N4O2/c1-19-18(20-10-7-14-8-11-22(2)12-9-14)21-15-5-6-16(23-3)17(13-15)24-4/h5-6,13-14H,7-12H2,1-4H3,(H2,19,20,21). The molecule has 0 radical (unpaired) electrons. The van der Waals surface area contributed by atoms with E-state index in [2.05, 4.69) is 27.6 Å². The first kappa shape index (κ1) is 18.4. The summed E-state index contributed by atoms with van der Waals surface area (Å²) in [4.78, 5) is 6.69. The number of anilines is 1. The predicted octanol–water partition coefficient (Wildman–Crippen LogP) is 2.42. The van der Waals surface area contributed by atoms with E-state index in [-0.39, 0.29) is 0 Å². The maximum atomic E-state index is 5.33. The number of hydrogen-bond acceptors (Lipinski definition) is 4. The number of piperidine rings is 1. The monoisotopic (exact) mass is 334 g/mol. The first-order valence-corrected chi connectivity index (χ1v) is 8.54. The van der Waals surface area contributed by atoms with E-state index in [0.717, 1.165) is 24.1 Å². The van der Waals surface area contributed by atoms with Crippen LogP contribution in [0.4, 0.5) is 5.69 Å². The third-order valence-electron chi connectivity index (χ3n) is 4.55. The van der Waals surface area contributed by atoms with E-state index < -0.39 is 0 Å². The molecule has 134 valence electrons. The van der Waals surface area contributed by atoms with E-state index >= 15 is 0 Å². The molecule has 1 heterocycles. The highest BCUT2D eigenvalue weighted by atomic mass is 16.5. The maximum Gasteiger partial charge on any atom is 0.195 e. The molecule has 0 atom stereocenters. The smallest absolute Gasteiger partial charge is 0.195 e. The van der Waals surface area contributed by atoms with Crippen molar-refractivity contribution in [2.75, 3.05) is 53.3 Å². The maximum absolute atomic E-state index is 5.33. The van der Waals surface area contributed by atoms with Crippen LogP contribution in [0.3, 0.4) is 0 Å². The van der Waals surface area contributed by atoms with Crippen molar-refractivity contribution >= 4 is 11.6 Å². The molecular formula is C18H30N4O2. The van der Waals surface area contributed by atoms with Crippen LogP contribution in [0.2, 0.25) is 0 Å². The summed E-state index contributed by atoms with van der Waals surface area (Å²) in [6.07, 6.45) is 3.76.